The van der Waals surface area contributed by atoms with Crippen LogP contribution in [0.15, 0.2) is 158 Å². The Balaban J connectivity index is 1.11. The van der Waals surface area contributed by atoms with Crippen LogP contribution in [0.4, 0.5) is 34.1 Å². The Morgan fingerprint density at radius 2 is 0.633 bits per heavy atom. The van der Waals surface area contributed by atoms with Gasteiger partial charge in [-0.3, -0.25) is 9.59 Å². The molecule has 0 aliphatic carbocycles. The van der Waals surface area contributed by atoms with Crippen molar-refractivity contribution in [3.63, 3.8) is 0 Å². The molecule has 0 aromatic heterocycles. The van der Waals surface area contributed by atoms with Gasteiger partial charge in [-0.05, 0) is 169 Å². The monoisotopic (exact) mass is 792 g/mol. The largest absolute Gasteiger partial charge is 0.469 e. The zero-order valence-corrected chi connectivity index (χ0v) is 35.4. The van der Waals surface area contributed by atoms with Crippen LogP contribution in [0.1, 0.15) is 46.2 Å². The maximum Gasteiger partial charge on any atom is 0.305 e. The van der Waals surface area contributed by atoms with E-state index in [9.17, 15) is 9.59 Å². The topological polar surface area (TPSA) is 59.1 Å². The van der Waals surface area contributed by atoms with Crippen molar-refractivity contribution in [2.45, 2.75) is 53.4 Å². The first-order valence-corrected chi connectivity index (χ1v) is 20.5. The van der Waals surface area contributed by atoms with Crippen molar-refractivity contribution in [1.82, 2.24) is 0 Å². The molecule has 0 unspecified atom stereocenters. The van der Waals surface area contributed by atoms with E-state index in [1.54, 1.807) is 0 Å². The number of esters is 2. The molecule has 7 aromatic carbocycles. The lowest BCUT2D eigenvalue weighted by Crippen LogP contribution is -2.10. The first-order valence-electron chi connectivity index (χ1n) is 20.5. The molecule has 0 fully saturated rings. The van der Waals surface area contributed by atoms with Crippen LogP contribution in [-0.2, 0) is 31.9 Å². The smallest absolute Gasteiger partial charge is 0.305 e. The van der Waals surface area contributed by atoms with Crippen LogP contribution in [0.5, 0.6) is 0 Å². The number of methoxy groups -OCH3 is 2. The number of aryl methyl sites for hydroxylation is 6. The molecule has 7 aromatic rings. The summed E-state index contributed by atoms with van der Waals surface area (Å²) in [6.45, 7) is 8.56. The molecule has 60 heavy (non-hydrogen) atoms. The molecule has 0 radical (unpaired) electrons. The number of nitrogens with zero attached hydrogens (tertiary/aromatic N) is 2. The molecule has 7 rings (SSSR count). The fourth-order valence-corrected chi connectivity index (χ4v) is 7.41. The van der Waals surface area contributed by atoms with E-state index in [0.717, 1.165) is 67.5 Å². The fourth-order valence-electron chi connectivity index (χ4n) is 7.41. The molecule has 0 atom stereocenters. The highest BCUT2D eigenvalue weighted by molar-refractivity contribution is 5.81. The summed E-state index contributed by atoms with van der Waals surface area (Å²) in [4.78, 5) is 28.0. The lowest BCUT2D eigenvalue weighted by atomic mass is 9.99. The molecule has 0 saturated heterocycles. The van der Waals surface area contributed by atoms with E-state index in [1.165, 1.54) is 36.5 Å². The minimum atomic E-state index is -0.203. The first kappa shape index (κ1) is 41.2. The van der Waals surface area contributed by atoms with Gasteiger partial charge >= 0.3 is 11.9 Å². The SMILES string of the molecule is COC(=O)CCc1ccc(N(c2ccc(-c3ccc(-c4ccc(N(c5ccc(CCC(=O)OC)cc5)c5ccc(C)c(C)c5)cc4)cc3)cc2)c2ccc(C)c(C)c2)cc1. The van der Waals surface area contributed by atoms with Gasteiger partial charge in [-0.1, -0.05) is 84.9 Å². The summed E-state index contributed by atoms with van der Waals surface area (Å²) < 4.78 is 9.67. The number of carbonyl (C=O) groups is 2. The number of anilines is 6. The highest BCUT2D eigenvalue weighted by atomic mass is 16.5. The van der Waals surface area contributed by atoms with Gasteiger partial charge in [0.2, 0.25) is 0 Å². The molecule has 6 nitrogen and oxygen atoms in total. The van der Waals surface area contributed by atoms with Crippen molar-refractivity contribution in [2.24, 2.45) is 0 Å². The molecule has 0 N–H and O–H groups in total. The molecule has 0 aliphatic heterocycles. The van der Waals surface area contributed by atoms with Crippen LogP contribution in [0.2, 0.25) is 0 Å². The Bertz CT molecular complexity index is 2380. The molecule has 0 aliphatic rings. The number of carbonyl (C=O) groups excluding carboxylic acids is 2. The maximum atomic E-state index is 11.7. The van der Waals surface area contributed by atoms with Crippen molar-refractivity contribution in [1.29, 1.82) is 0 Å². The van der Waals surface area contributed by atoms with Crippen LogP contribution in [0, 0.1) is 27.7 Å². The number of benzene rings is 7. The summed E-state index contributed by atoms with van der Waals surface area (Å²) in [6, 6.07) is 56.2. The third-order valence-corrected chi connectivity index (χ3v) is 11.4. The van der Waals surface area contributed by atoms with Crippen LogP contribution in [-0.4, -0.2) is 26.2 Å². The quantitative estimate of drug-likeness (QED) is 0.102. The average molecular weight is 793 g/mol. The third kappa shape index (κ3) is 9.67. The van der Waals surface area contributed by atoms with E-state index in [-0.39, 0.29) is 11.9 Å². The predicted octanol–water partition coefficient (Wildman–Crippen LogP) is 13.4. The minimum Gasteiger partial charge on any atom is -0.469 e. The molecule has 0 amide bonds. The highest BCUT2D eigenvalue weighted by Crippen LogP contribution is 2.39. The van der Waals surface area contributed by atoms with E-state index in [4.69, 9.17) is 9.47 Å². The number of hydrogen-bond acceptors (Lipinski definition) is 6. The Morgan fingerprint density at radius 3 is 0.917 bits per heavy atom. The van der Waals surface area contributed by atoms with Gasteiger partial charge in [-0.25, -0.2) is 0 Å². The van der Waals surface area contributed by atoms with E-state index < -0.39 is 0 Å². The molecule has 302 valence electrons. The summed E-state index contributed by atoms with van der Waals surface area (Å²) in [6.07, 6.45) is 1.99. The van der Waals surface area contributed by atoms with Crippen molar-refractivity contribution in [2.75, 3.05) is 24.0 Å². The zero-order chi connectivity index (χ0) is 42.2. The summed E-state index contributed by atoms with van der Waals surface area (Å²) >= 11 is 0. The van der Waals surface area contributed by atoms with Gasteiger partial charge in [0.1, 0.15) is 0 Å². The normalized spacial score (nSPS) is 10.9. The molecule has 6 heteroatoms. The zero-order valence-electron chi connectivity index (χ0n) is 35.4. The lowest BCUT2D eigenvalue weighted by molar-refractivity contribution is -0.141. The Hall–Kier alpha value is -6.92. The molecule has 0 heterocycles. The summed E-state index contributed by atoms with van der Waals surface area (Å²) in [7, 11) is 2.85. The van der Waals surface area contributed by atoms with Crippen molar-refractivity contribution in [3.05, 3.63) is 191 Å². The Labute approximate surface area is 354 Å². The Kier molecular flexibility index (Phi) is 12.9. The second kappa shape index (κ2) is 18.8. The Morgan fingerprint density at radius 1 is 0.367 bits per heavy atom. The van der Waals surface area contributed by atoms with E-state index in [0.29, 0.717) is 25.7 Å². The van der Waals surface area contributed by atoms with E-state index in [2.05, 4.69) is 195 Å². The predicted molar refractivity (Wildman–Crippen MR) is 246 cm³/mol. The van der Waals surface area contributed by atoms with Crippen molar-refractivity contribution >= 4 is 46.1 Å². The minimum absolute atomic E-state index is 0.203. The van der Waals surface area contributed by atoms with Gasteiger partial charge in [0.25, 0.3) is 0 Å². The molecule has 0 bridgehead atoms. The molecule has 0 saturated carbocycles. The van der Waals surface area contributed by atoms with Crippen LogP contribution in [0.25, 0.3) is 22.3 Å². The van der Waals surface area contributed by atoms with Crippen LogP contribution in [0.3, 0.4) is 0 Å². The number of ether oxygens (including phenoxy) is 2. The summed E-state index contributed by atoms with van der Waals surface area (Å²) in [5, 5.41) is 0. The van der Waals surface area contributed by atoms with E-state index >= 15 is 0 Å². The van der Waals surface area contributed by atoms with Gasteiger partial charge < -0.3 is 19.3 Å². The standard InChI is InChI=1S/C54H52N2O4/c1-37-7-23-51(35-39(37)3)55(47-25-9-41(10-26-47)13-33-53(57)59-5)49-29-19-45(20-30-49)43-15-17-44(18-16-43)46-21-31-50(32-22-46)56(52-24-8-38(2)40(4)36-52)48-27-11-42(12-28-48)14-34-54(58)60-6/h7-12,15-32,35-36H,13-14,33-34H2,1-6H3. The van der Waals surface area contributed by atoms with Gasteiger partial charge in [0, 0.05) is 47.0 Å². The van der Waals surface area contributed by atoms with Gasteiger partial charge in [0.15, 0.2) is 0 Å². The van der Waals surface area contributed by atoms with Crippen LogP contribution < -0.4 is 9.80 Å². The van der Waals surface area contributed by atoms with Gasteiger partial charge in [-0.2, -0.15) is 0 Å². The lowest BCUT2D eigenvalue weighted by Gasteiger charge is -2.26. The van der Waals surface area contributed by atoms with Crippen molar-refractivity contribution < 1.29 is 19.1 Å². The first-order chi connectivity index (χ1) is 29.1. The van der Waals surface area contributed by atoms with Gasteiger partial charge in [-0.15, -0.1) is 0 Å². The second-order valence-electron chi connectivity index (χ2n) is 15.4. The van der Waals surface area contributed by atoms with Gasteiger partial charge in [0.05, 0.1) is 14.2 Å². The summed E-state index contributed by atoms with van der Waals surface area (Å²) in [5.41, 5.74) is 18.1. The second-order valence-corrected chi connectivity index (χ2v) is 15.4. The van der Waals surface area contributed by atoms with Crippen LogP contribution >= 0.6 is 0 Å². The van der Waals surface area contributed by atoms with E-state index in [1.807, 2.05) is 0 Å². The average Bonchev–Trinajstić information content (AvgIpc) is 3.28. The maximum absolute atomic E-state index is 11.7. The summed E-state index contributed by atoms with van der Waals surface area (Å²) in [5.74, 6) is -0.406. The highest BCUT2D eigenvalue weighted by Gasteiger charge is 2.16. The van der Waals surface area contributed by atoms with Crippen molar-refractivity contribution in [3.8, 4) is 22.3 Å². The molecular formula is C54H52N2O4. The third-order valence-electron chi connectivity index (χ3n) is 11.4. The number of rotatable bonds is 14. The molecule has 0 spiro atoms. The number of hydrogen-bond donors (Lipinski definition) is 0. The molecular weight excluding hydrogens is 741 g/mol. The fraction of sp³-hybridized carbons (Fsp3) is 0.185.